The van der Waals surface area contributed by atoms with Gasteiger partial charge in [0.25, 0.3) is 0 Å². The summed E-state index contributed by atoms with van der Waals surface area (Å²) in [4.78, 5) is 12.1. The lowest BCUT2D eigenvalue weighted by atomic mass is 9.98. The van der Waals surface area contributed by atoms with Gasteiger partial charge in [-0.15, -0.1) is 0 Å². The van der Waals surface area contributed by atoms with Gasteiger partial charge in [-0.1, -0.05) is 45.0 Å². The van der Waals surface area contributed by atoms with Crippen molar-refractivity contribution in [3.63, 3.8) is 0 Å². The first-order valence-electron chi connectivity index (χ1n) is 8.99. The molecule has 3 aromatic carbocycles. The van der Waals surface area contributed by atoms with Gasteiger partial charge in [0.2, 0.25) is 0 Å². The summed E-state index contributed by atoms with van der Waals surface area (Å²) in [7, 11) is 0. The predicted molar refractivity (Wildman–Crippen MR) is 102 cm³/mol. The van der Waals surface area contributed by atoms with E-state index in [1.165, 1.54) is 11.1 Å². The lowest BCUT2D eigenvalue weighted by Gasteiger charge is -2.13. The highest BCUT2D eigenvalue weighted by atomic mass is 16.7. The van der Waals surface area contributed by atoms with Crippen molar-refractivity contribution in [1.82, 2.24) is 0 Å². The molecule has 0 saturated carbocycles. The maximum atomic E-state index is 12.1. The zero-order chi connectivity index (χ0) is 17.8. The zero-order valence-corrected chi connectivity index (χ0v) is 15.1. The van der Waals surface area contributed by atoms with Gasteiger partial charge in [0, 0.05) is 10.8 Å². The van der Waals surface area contributed by atoms with Crippen LogP contribution >= 0.6 is 0 Å². The standard InChI is InChI=1S/C22H24O3/c1-4-11-24-22(23)25-21-19-12-15(5-2)7-9-17(19)14-18-10-8-16(6-3)13-20(18)21/h7-10,12-14H,4-6,11H2,1-3H3. The van der Waals surface area contributed by atoms with Crippen LogP contribution in [0.4, 0.5) is 4.79 Å². The molecule has 0 heterocycles. The van der Waals surface area contributed by atoms with E-state index in [2.05, 4.69) is 56.3 Å². The Morgan fingerprint density at radius 3 is 1.88 bits per heavy atom. The average Bonchev–Trinajstić information content (AvgIpc) is 2.65. The summed E-state index contributed by atoms with van der Waals surface area (Å²) in [5, 5.41) is 4.03. The predicted octanol–water partition coefficient (Wildman–Crippen LogP) is 6.04. The third kappa shape index (κ3) is 3.60. The summed E-state index contributed by atoms with van der Waals surface area (Å²) in [6.07, 6.45) is 2.00. The SMILES string of the molecule is CCCOC(=O)Oc1c2cc(CC)ccc2cc2ccc(CC)cc12. The normalized spacial score (nSPS) is 11.0. The van der Waals surface area contributed by atoms with Crippen molar-refractivity contribution >= 4 is 27.7 Å². The van der Waals surface area contributed by atoms with Crippen LogP contribution < -0.4 is 4.74 Å². The summed E-state index contributed by atoms with van der Waals surface area (Å²) >= 11 is 0. The fourth-order valence-electron chi connectivity index (χ4n) is 3.01. The molecule has 0 unspecified atom stereocenters. The molecule has 0 saturated heterocycles. The average molecular weight is 336 g/mol. The maximum absolute atomic E-state index is 12.1. The monoisotopic (exact) mass is 336 g/mol. The minimum atomic E-state index is -0.639. The van der Waals surface area contributed by atoms with Crippen LogP contribution in [0.3, 0.4) is 0 Å². The minimum Gasteiger partial charge on any atom is -0.434 e. The molecule has 3 aromatic rings. The van der Waals surface area contributed by atoms with Crippen LogP contribution in [-0.4, -0.2) is 12.8 Å². The zero-order valence-electron chi connectivity index (χ0n) is 15.1. The van der Waals surface area contributed by atoms with E-state index in [-0.39, 0.29) is 0 Å². The number of rotatable bonds is 5. The molecule has 25 heavy (non-hydrogen) atoms. The van der Waals surface area contributed by atoms with Crippen LogP contribution in [0.15, 0.2) is 42.5 Å². The molecule has 0 aliphatic rings. The van der Waals surface area contributed by atoms with Gasteiger partial charge in [-0.25, -0.2) is 4.79 Å². The molecular formula is C22H24O3. The summed E-state index contributed by atoms with van der Waals surface area (Å²) in [6.45, 7) is 6.56. The number of ether oxygens (including phenoxy) is 2. The van der Waals surface area contributed by atoms with E-state index < -0.39 is 6.16 Å². The number of carbonyl (C=O) groups excluding carboxylic acids is 1. The van der Waals surface area contributed by atoms with E-state index in [1.54, 1.807) is 0 Å². The Balaban J connectivity index is 2.21. The quantitative estimate of drug-likeness (QED) is 0.323. The molecule has 0 N–H and O–H groups in total. The summed E-state index contributed by atoms with van der Waals surface area (Å²) in [5.41, 5.74) is 2.43. The fraction of sp³-hybridized carbons (Fsp3) is 0.318. The van der Waals surface area contributed by atoms with Crippen LogP contribution in [0.1, 0.15) is 38.3 Å². The van der Waals surface area contributed by atoms with E-state index in [4.69, 9.17) is 9.47 Å². The minimum absolute atomic E-state index is 0.363. The van der Waals surface area contributed by atoms with E-state index in [1.807, 2.05) is 6.92 Å². The second-order valence-electron chi connectivity index (χ2n) is 6.22. The first kappa shape index (κ1) is 17.3. The van der Waals surface area contributed by atoms with Crippen LogP contribution in [0.25, 0.3) is 21.5 Å². The molecule has 0 radical (unpaired) electrons. The van der Waals surface area contributed by atoms with Gasteiger partial charge in [-0.2, -0.15) is 0 Å². The van der Waals surface area contributed by atoms with Gasteiger partial charge in [0.1, 0.15) is 5.75 Å². The fourth-order valence-corrected chi connectivity index (χ4v) is 3.01. The Kier molecular flexibility index (Phi) is 5.22. The molecule has 0 aromatic heterocycles. The molecule has 0 fully saturated rings. The first-order chi connectivity index (χ1) is 12.2. The van der Waals surface area contributed by atoms with Crippen LogP contribution in [0.2, 0.25) is 0 Å². The second kappa shape index (κ2) is 7.56. The number of fused-ring (bicyclic) bond motifs is 2. The molecule has 0 atom stereocenters. The van der Waals surface area contributed by atoms with E-state index in [0.29, 0.717) is 12.4 Å². The smallest absolute Gasteiger partial charge is 0.434 e. The van der Waals surface area contributed by atoms with Gasteiger partial charge < -0.3 is 9.47 Å². The van der Waals surface area contributed by atoms with E-state index >= 15 is 0 Å². The highest BCUT2D eigenvalue weighted by molar-refractivity contribution is 6.06. The summed E-state index contributed by atoms with van der Waals surface area (Å²) in [5.74, 6) is 0.596. The first-order valence-corrected chi connectivity index (χ1v) is 8.99. The molecule has 0 spiro atoms. The molecule has 0 aliphatic carbocycles. The van der Waals surface area contributed by atoms with Crippen molar-refractivity contribution in [3.05, 3.63) is 53.6 Å². The van der Waals surface area contributed by atoms with Gasteiger partial charge in [0.05, 0.1) is 6.61 Å². The van der Waals surface area contributed by atoms with Gasteiger partial charge in [0.15, 0.2) is 0 Å². The molecular weight excluding hydrogens is 312 g/mol. The molecule has 0 amide bonds. The Morgan fingerprint density at radius 2 is 1.40 bits per heavy atom. The van der Waals surface area contributed by atoms with Crippen LogP contribution in [0, 0.1) is 0 Å². The van der Waals surface area contributed by atoms with E-state index in [9.17, 15) is 4.79 Å². The molecule has 3 nitrogen and oxygen atoms in total. The van der Waals surface area contributed by atoms with Crippen molar-refractivity contribution in [1.29, 1.82) is 0 Å². The number of carbonyl (C=O) groups is 1. The van der Waals surface area contributed by atoms with Crippen molar-refractivity contribution in [2.75, 3.05) is 6.61 Å². The Labute approximate surface area is 148 Å². The topological polar surface area (TPSA) is 35.5 Å². The van der Waals surface area contributed by atoms with Crippen LogP contribution in [-0.2, 0) is 17.6 Å². The van der Waals surface area contributed by atoms with E-state index in [0.717, 1.165) is 40.8 Å². The van der Waals surface area contributed by atoms with Crippen molar-refractivity contribution < 1.29 is 14.3 Å². The summed E-state index contributed by atoms with van der Waals surface area (Å²) < 4.78 is 10.8. The number of hydrogen-bond donors (Lipinski definition) is 0. The molecule has 3 rings (SSSR count). The largest absolute Gasteiger partial charge is 0.513 e. The lowest BCUT2D eigenvalue weighted by Crippen LogP contribution is -2.11. The lowest BCUT2D eigenvalue weighted by molar-refractivity contribution is 0.100. The van der Waals surface area contributed by atoms with Crippen molar-refractivity contribution in [3.8, 4) is 5.75 Å². The number of hydrogen-bond acceptors (Lipinski definition) is 3. The third-order valence-corrected chi connectivity index (χ3v) is 4.46. The Bertz CT molecular complexity index is 850. The van der Waals surface area contributed by atoms with Crippen LogP contribution in [0.5, 0.6) is 5.75 Å². The highest BCUT2D eigenvalue weighted by Crippen LogP contribution is 2.36. The van der Waals surface area contributed by atoms with Gasteiger partial charge >= 0.3 is 6.16 Å². The highest BCUT2D eigenvalue weighted by Gasteiger charge is 2.15. The number of benzene rings is 3. The summed E-state index contributed by atoms with van der Waals surface area (Å²) in [6, 6.07) is 14.8. The third-order valence-electron chi connectivity index (χ3n) is 4.46. The van der Waals surface area contributed by atoms with Crippen molar-refractivity contribution in [2.45, 2.75) is 40.0 Å². The van der Waals surface area contributed by atoms with Gasteiger partial charge in [-0.05, 0) is 59.4 Å². The maximum Gasteiger partial charge on any atom is 0.513 e. The van der Waals surface area contributed by atoms with Gasteiger partial charge in [-0.3, -0.25) is 0 Å². The molecule has 130 valence electrons. The Morgan fingerprint density at radius 1 is 0.840 bits per heavy atom. The molecule has 3 heteroatoms. The second-order valence-corrected chi connectivity index (χ2v) is 6.22. The molecule has 0 bridgehead atoms. The van der Waals surface area contributed by atoms with Crippen molar-refractivity contribution in [2.24, 2.45) is 0 Å². The Hall–Kier alpha value is -2.55. The molecule has 0 aliphatic heterocycles. The number of aryl methyl sites for hydroxylation is 2.